The van der Waals surface area contributed by atoms with Gasteiger partial charge in [-0.1, -0.05) is 54.6 Å². The molecule has 0 saturated carbocycles. The normalized spacial score (nSPS) is 24.1. The molecule has 2 aliphatic rings. The van der Waals surface area contributed by atoms with E-state index in [0.717, 1.165) is 18.2 Å². The molecule has 1 aliphatic heterocycles. The van der Waals surface area contributed by atoms with E-state index < -0.39 is 47.8 Å². The monoisotopic (exact) mass is 484 g/mol. The van der Waals surface area contributed by atoms with E-state index in [1.807, 2.05) is 6.07 Å². The fraction of sp³-hybridized carbons (Fsp3) is 0.269. The lowest BCUT2D eigenvalue weighted by atomic mass is 9.76. The molecule has 3 atom stereocenters. The fourth-order valence-electron chi connectivity index (χ4n) is 4.78. The average molecular weight is 484 g/mol. The molecule has 9 heteroatoms. The lowest BCUT2D eigenvalue weighted by molar-refractivity contribution is -0.214. The van der Waals surface area contributed by atoms with E-state index in [1.165, 1.54) is 30.3 Å². The van der Waals surface area contributed by atoms with Crippen LogP contribution >= 0.6 is 0 Å². The summed E-state index contributed by atoms with van der Waals surface area (Å²) in [4.78, 5) is 26.2. The van der Waals surface area contributed by atoms with E-state index in [0.29, 0.717) is 16.0 Å². The lowest BCUT2D eigenvalue weighted by Gasteiger charge is -2.40. The van der Waals surface area contributed by atoms with Crippen LogP contribution < -0.4 is 0 Å². The quantitative estimate of drug-likeness (QED) is 0.589. The number of halogens is 4. The second kappa shape index (κ2) is 9.02. The van der Waals surface area contributed by atoms with Crippen LogP contribution in [0.25, 0.3) is 5.57 Å². The van der Waals surface area contributed by atoms with E-state index >= 15 is 0 Å². The molecule has 2 aromatic carbocycles. The molecule has 0 aromatic heterocycles. The molecular formula is C26H20F4N2O3. The van der Waals surface area contributed by atoms with Crippen molar-refractivity contribution in [3.8, 4) is 6.07 Å². The molecule has 35 heavy (non-hydrogen) atoms. The number of rotatable bonds is 4. The van der Waals surface area contributed by atoms with Gasteiger partial charge in [-0.3, -0.25) is 4.79 Å². The zero-order chi connectivity index (χ0) is 25.4. The molecule has 1 aliphatic carbocycles. The molecule has 1 amide bonds. The SMILES string of the molecule is N#Cc1ccccc1C1=CCC(C(=O)N2[C@@H](c3ccccc3F)CC[C@H]2C(=O)O)(C(F)(F)F)C=C1. The maximum atomic E-state index is 14.5. The van der Waals surface area contributed by atoms with Gasteiger partial charge in [0.2, 0.25) is 5.91 Å². The van der Waals surface area contributed by atoms with E-state index in [2.05, 4.69) is 0 Å². The highest BCUT2D eigenvalue weighted by Crippen LogP contribution is 2.51. The van der Waals surface area contributed by atoms with Gasteiger partial charge in [0.1, 0.15) is 11.9 Å². The van der Waals surface area contributed by atoms with E-state index in [9.17, 15) is 37.5 Å². The predicted molar refractivity (Wildman–Crippen MR) is 118 cm³/mol. The van der Waals surface area contributed by atoms with Gasteiger partial charge < -0.3 is 10.0 Å². The average Bonchev–Trinajstić information content (AvgIpc) is 3.28. The molecular weight excluding hydrogens is 464 g/mol. The van der Waals surface area contributed by atoms with Gasteiger partial charge >= 0.3 is 12.1 Å². The van der Waals surface area contributed by atoms with Crippen molar-refractivity contribution in [2.45, 2.75) is 37.5 Å². The van der Waals surface area contributed by atoms with Crippen molar-refractivity contribution in [1.82, 2.24) is 4.90 Å². The van der Waals surface area contributed by atoms with Crippen LogP contribution in [0, 0.1) is 22.6 Å². The minimum Gasteiger partial charge on any atom is -0.480 e. The number of carboxylic acid groups (broad SMARTS) is 1. The van der Waals surface area contributed by atoms with Crippen molar-refractivity contribution in [3.63, 3.8) is 0 Å². The number of hydrogen-bond acceptors (Lipinski definition) is 3. The molecule has 1 fully saturated rings. The summed E-state index contributed by atoms with van der Waals surface area (Å²) in [5, 5.41) is 19.0. The van der Waals surface area contributed by atoms with Gasteiger partial charge in [-0.2, -0.15) is 18.4 Å². The molecule has 1 heterocycles. The largest absolute Gasteiger partial charge is 0.480 e. The maximum absolute atomic E-state index is 14.5. The predicted octanol–water partition coefficient (Wildman–Crippen LogP) is 5.41. The van der Waals surface area contributed by atoms with Crippen LogP contribution in [0.1, 0.15) is 42.0 Å². The molecule has 0 bridgehead atoms. The second-order valence-electron chi connectivity index (χ2n) is 8.50. The van der Waals surface area contributed by atoms with Gasteiger partial charge in [0.05, 0.1) is 17.7 Å². The lowest BCUT2D eigenvalue weighted by Crippen LogP contribution is -2.54. The molecule has 0 spiro atoms. The minimum atomic E-state index is -5.05. The Balaban J connectivity index is 1.77. The summed E-state index contributed by atoms with van der Waals surface area (Å²) in [6.07, 6.45) is -2.84. The highest BCUT2D eigenvalue weighted by molar-refractivity contribution is 5.93. The van der Waals surface area contributed by atoms with Crippen molar-refractivity contribution in [2.24, 2.45) is 5.41 Å². The van der Waals surface area contributed by atoms with Gasteiger partial charge in [-0.05, 0) is 42.5 Å². The third kappa shape index (κ3) is 4.09. The molecule has 4 rings (SSSR count). The number of likely N-dealkylation sites (tertiary alicyclic amines) is 1. The number of nitriles is 1. The first kappa shape index (κ1) is 24.2. The highest BCUT2D eigenvalue weighted by Gasteiger charge is 2.62. The molecule has 0 radical (unpaired) electrons. The van der Waals surface area contributed by atoms with Crippen molar-refractivity contribution in [3.05, 3.63) is 89.3 Å². The number of hydrogen-bond donors (Lipinski definition) is 1. The van der Waals surface area contributed by atoms with Crippen molar-refractivity contribution in [1.29, 1.82) is 5.26 Å². The number of allylic oxidation sites excluding steroid dienone is 3. The number of nitrogens with zero attached hydrogens (tertiary/aromatic N) is 2. The maximum Gasteiger partial charge on any atom is 0.406 e. The van der Waals surface area contributed by atoms with Crippen molar-refractivity contribution >= 4 is 17.4 Å². The van der Waals surface area contributed by atoms with Crippen molar-refractivity contribution in [2.75, 3.05) is 0 Å². The Bertz CT molecular complexity index is 1280. The van der Waals surface area contributed by atoms with Crippen LogP contribution in [0.3, 0.4) is 0 Å². The van der Waals surface area contributed by atoms with Crippen molar-refractivity contribution < 1.29 is 32.3 Å². The Hall–Kier alpha value is -3.93. The Kier molecular flexibility index (Phi) is 6.24. The highest BCUT2D eigenvalue weighted by atomic mass is 19.4. The van der Waals surface area contributed by atoms with Gasteiger partial charge in [0, 0.05) is 5.56 Å². The summed E-state index contributed by atoms with van der Waals surface area (Å²) in [6.45, 7) is 0. The number of aliphatic carboxylic acids is 1. The van der Waals surface area contributed by atoms with Gasteiger partial charge in [0.25, 0.3) is 0 Å². The molecule has 2 aromatic rings. The Morgan fingerprint density at radius 1 is 1.09 bits per heavy atom. The first-order chi connectivity index (χ1) is 16.6. The summed E-state index contributed by atoms with van der Waals surface area (Å²) >= 11 is 0. The number of alkyl halides is 3. The van der Waals surface area contributed by atoms with Gasteiger partial charge in [-0.25, -0.2) is 9.18 Å². The van der Waals surface area contributed by atoms with Crippen LogP contribution in [0.5, 0.6) is 0 Å². The number of amides is 1. The molecule has 1 saturated heterocycles. The van der Waals surface area contributed by atoms with Gasteiger partial charge in [-0.15, -0.1) is 0 Å². The van der Waals surface area contributed by atoms with Crippen LogP contribution in [0.4, 0.5) is 17.6 Å². The van der Waals surface area contributed by atoms with E-state index in [-0.39, 0.29) is 24.0 Å². The standard InChI is InChI=1S/C26H20F4N2O3/c27-20-8-4-3-7-19(20)21-9-10-22(23(33)34)32(21)24(35)25(26(28,29)30)13-11-16(12-14-25)18-6-2-1-5-17(18)15-31/h1-8,11-13,21-22H,9-10,14H2,(H,33,34)/t21-,22+,25?/m1/s1. The van der Waals surface area contributed by atoms with Crippen LogP contribution in [-0.2, 0) is 9.59 Å². The van der Waals surface area contributed by atoms with Crippen LogP contribution in [0.2, 0.25) is 0 Å². The summed E-state index contributed by atoms with van der Waals surface area (Å²) in [7, 11) is 0. The second-order valence-corrected chi connectivity index (χ2v) is 8.50. The number of carbonyl (C=O) groups excluding carboxylic acids is 1. The van der Waals surface area contributed by atoms with E-state index in [4.69, 9.17) is 0 Å². The molecule has 1 N–H and O–H groups in total. The van der Waals surface area contributed by atoms with Crippen LogP contribution in [-0.4, -0.2) is 34.1 Å². The first-order valence-corrected chi connectivity index (χ1v) is 10.9. The number of carboxylic acids is 1. The summed E-state index contributed by atoms with van der Waals surface area (Å²) < 4.78 is 58.1. The number of carbonyl (C=O) groups is 2. The summed E-state index contributed by atoms with van der Waals surface area (Å²) in [5.41, 5.74) is -2.03. The fourth-order valence-corrected chi connectivity index (χ4v) is 4.78. The molecule has 1 unspecified atom stereocenters. The van der Waals surface area contributed by atoms with E-state index in [1.54, 1.807) is 18.2 Å². The first-order valence-electron chi connectivity index (χ1n) is 10.9. The third-order valence-corrected chi connectivity index (χ3v) is 6.61. The minimum absolute atomic E-state index is 0.0118. The smallest absolute Gasteiger partial charge is 0.406 e. The zero-order valence-corrected chi connectivity index (χ0v) is 18.3. The molecule has 5 nitrogen and oxygen atoms in total. The Morgan fingerprint density at radius 3 is 2.37 bits per heavy atom. The summed E-state index contributed by atoms with van der Waals surface area (Å²) in [5.74, 6) is -3.62. The topological polar surface area (TPSA) is 81.4 Å². The zero-order valence-electron chi connectivity index (χ0n) is 18.3. The Morgan fingerprint density at radius 2 is 1.77 bits per heavy atom. The number of benzene rings is 2. The summed E-state index contributed by atoms with van der Waals surface area (Å²) in [6, 6.07) is 11.0. The van der Waals surface area contributed by atoms with Gasteiger partial charge in [0.15, 0.2) is 5.41 Å². The van der Waals surface area contributed by atoms with Crippen LogP contribution in [0.15, 0.2) is 66.8 Å². The molecule has 180 valence electrons. The third-order valence-electron chi connectivity index (χ3n) is 6.61. The Labute approximate surface area is 198 Å².